The van der Waals surface area contributed by atoms with E-state index < -0.39 is 17.8 Å². The Labute approximate surface area is 236 Å². The Balaban J connectivity index is 1.44. The maximum Gasteiger partial charge on any atom is 0.343 e. The zero-order valence-electron chi connectivity index (χ0n) is 21.8. The lowest BCUT2D eigenvalue weighted by atomic mass is 10.2. The number of esters is 2. The molecule has 0 aliphatic carbocycles. The molecule has 0 spiro atoms. The number of benzene rings is 4. The number of nitrogens with zero attached hydrogens (tertiary/aromatic N) is 2. The first-order valence-corrected chi connectivity index (χ1v) is 12.7. The van der Waals surface area contributed by atoms with E-state index in [4.69, 9.17) is 14.2 Å². The van der Waals surface area contributed by atoms with Crippen LogP contribution in [0.3, 0.4) is 0 Å². The molecule has 8 heteroatoms. The smallest absolute Gasteiger partial charge is 0.343 e. The quantitative estimate of drug-likeness (QED) is 0.195. The molecule has 4 aromatic carbocycles. The molecule has 1 heterocycles. The molecule has 202 valence electrons. The number of anilines is 1. The molecule has 0 aromatic heterocycles. The standard InChI is InChI=1S/C33H24N2O6/c36-31(24-13-5-1-6-14-24)35(27-19-11-4-12-20-27)34-30-29(41-33(38)26-17-9-3-10-18-26)23-28(40-30)21-22-39-32(37)25-15-7-2-8-16-25/h1-21,23H,22H2/b28-21-,34-30-. The van der Waals surface area contributed by atoms with E-state index in [1.807, 2.05) is 6.07 Å². The molecular weight excluding hydrogens is 520 g/mol. The monoisotopic (exact) mass is 544 g/mol. The summed E-state index contributed by atoms with van der Waals surface area (Å²) in [6.07, 6.45) is 2.96. The molecule has 1 aliphatic heterocycles. The average Bonchev–Trinajstić information content (AvgIpc) is 3.41. The van der Waals surface area contributed by atoms with Gasteiger partial charge in [0.15, 0.2) is 5.76 Å². The lowest BCUT2D eigenvalue weighted by Gasteiger charge is -2.18. The van der Waals surface area contributed by atoms with Gasteiger partial charge in [0.25, 0.3) is 11.8 Å². The molecule has 8 nitrogen and oxygen atoms in total. The largest absolute Gasteiger partial charge is 0.458 e. The number of hydrogen-bond donors (Lipinski definition) is 0. The van der Waals surface area contributed by atoms with Gasteiger partial charge in [0.1, 0.15) is 12.4 Å². The van der Waals surface area contributed by atoms with Gasteiger partial charge in [-0.3, -0.25) is 4.79 Å². The minimum atomic E-state index is -0.634. The number of hydrazone groups is 1. The summed E-state index contributed by atoms with van der Waals surface area (Å²) in [5, 5.41) is 5.65. The fourth-order valence-electron chi connectivity index (χ4n) is 3.80. The maximum absolute atomic E-state index is 13.5. The van der Waals surface area contributed by atoms with Crippen LogP contribution >= 0.6 is 0 Å². The van der Waals surface area contributed by atoms with Gasteiger partial charge < -0.3 is 14.2 Å². The first-order chi connectivity index (χ1) is 20.1. The minimum Gasteiger partial charge on any atom is -0.458 e. The van der Waals surface area contributed by atoms with E-state index >= 15 is 0 Å². The van der Waals surface area contributed by atoms with Gasteiger partial charge in [-0.05, 0) is 54.6 Å². The third-order valence-corrected chi connectivity index (χ3v) is 5.82. The Hall–Kier alpha value is -5.76. The van der Waals surface area contributed by atoms with Gasteiger partial charge in [0.2, 0.25) is 0 Å². The number of hydrogen-bond acceptors (Lipinski definition) is 7. The third kappa shape index (κ3) is 6.82. The number of carbonyl (C=O) groups excluding carboxylic acids is 3. The summed E-state index contributed by atoms with van der Waals surface area (Å²) < 4.78 is 16.9. The van der Waals surface area contributed by atoms with Crippen LogP contribution < -0.4 is 5.01 Å². The van der Waals surface area contributed by atoms with E-state index in [1.165, 1.54) is 17.2 Å². The van der Waals surface area contributed by atoms with Gasteiger partial charge in [0.05, 0.1) is 16.8 Å². The second-order valence-electron chi connectivity index (χ2n) is 8.66. The second-order valence-corrected chi connectivity index (χ2v) is 8.66. The van der Waals surface area contributed by atoms with Crippen molar-refractivity contribution < 1.29 is 28.6 Å². The average molecular weight is 545 g/mol. The van der Waals surface area contributed by atoms with E-state index in [0.717, 1.165) is 0 Å². The van der Waals surface area contributed by atoms with E-state index in [9.17, 15) is 14.4 Å². The van der Waals surface area contributed by atoms with Crippen molar-refractivity contribution in [2.75, 3.05) is 11.6 Å². The first-order valence-electron chi connectivity index (χ1n) is 12.7. The lowest BCUT2D eigenvalue weighted by Crippen LogP contribution is -2.28. The third-order valence-electron chi connectivity index (χ3n) is 5.82. The topological polar surface area (TPSA) is 94.5 Å². The van der Waals surface area contributed by atoms with Crippen molar-refractivity contribution in [2.45, 2.75) is 0 Å². The van der Waals surface area contributed by atoms with Crippen molar-refractivity contribution in [1.82, 2.24) is 0 Å². The van der Waals surface area contributed by atoms with Gasteiger partial charge in [-0.1, -0.05) is 72.8 Å². The van der Waals surface area contributed by atoms with Gasteiger partial charge in [-0.15, -0.1) is 5.10 Å². The minimum absolute atomic E-state index is 0.0127. The summed E-state index contributed by atoms with van der Waals surface area (Å²) in [6.45, 7) is -0.113. The number of carbonyl (C=O) groups is 3. The molecule has 1 amide bonds. The van der Waals surface area contributed by atoms with Gasteiger partial charge in [-0.25, -0.2) is 9.59 Å². The SMILES string of the molecule is O=C(OC/C=C1C=C(OC(=O)c2ccccc2)/C(=N/N(C(=O)c2ccccc2)c2ccccc2)O/1)c1ccccc1. The number of amides is 1. The predicted molar refractivity (Wildman–Crippen MR) is 153 cm³/mol. The molecule has 4 aromatic rings. The molecular formula is C33H24N2O6. The Kier molecular flexibility index (Phi) is 8.42. The molecule has 0 saturated carbocycles. The molecule has 0 atom stereocenters. The highest BCUT2D eigenvalue weighted by Gasteiger charge is 2.28. The van der Waals surface area contributed by atoms with Crippen LogP contribution in [0.5, 0.6) is 0 Å². The van der Waals surface area contributed by atoms with Crippen LogP contribution in [0.15, 0.2) is 150 Å². The molecule has 41 heavy (non-hydrogen) atoms. The van der Waals surface area contributed by atoms with Crippen molar-refractivity contribution in [2.24, 2.45) is 5.10 Å². The molecule has 5 rings (SSSR count). The van der Waals surface area contributed by atoms with Crippen LogP contribution in [0.4, 0.5) is 5.69 Å². The summed E-state index contributed by atoms with van der Waals surface area (Å²) in [6, 6.07) is 34.5. The summed E-state index contributed by atoms with van der Waals surface area (Å²) in [4.78, 5) is 38.7. The predicted octanol–water partition coefficient (Wildman–Crippen LogP) is 6.16. The van der Waals surface area contributed by atoms with Crippen molar-refractivity contribution in [3.05, 3.63) is 162 Å². The summed E-state index contributed by atoms with van der Waals surface area (Å²) >= 11 is 0. The number of allylic oxidation sites excluding steroid dienone is 1. The number of rotatable bonds is 8. The van der Waals surface area contributed by atoms with E-state index in [-0.39, 0.29) is 24.0 Å². The second kappa shape index (κ2) is 12.9. The van der Waals surface area contributed by atoms with E-state index in [0.29, 0.717) is 22.4 Å². The van der Waals surface area contributed by atoms with Gasteiger partial charge in [0, 0.05) is 11.6 Å². The highest BCUT2D eigenvalue weighted by molar-refractivity contribution is 6.08. The Morgan fingerprint density at radius 2 is 1.20 bits per heavy atom. The van der Waals surface area contributed by atoms with Crippen LogP contribution in [-0.2, 0) is 14.2 Å². The van der Waals surface area contributed by atoms with Crippen LogP contribution in [0.1, 0.15) is 31.1 Å². The molecule has 0 N–H and O–H groups in total. The Morgan fingerprint density at radius 3 is 1.78 bits per heavy atom. The van der Waals surface area contributed by atoms with Crippen LogP contribution in [0.2, 0.25) is 0 Å². The van der Waals surface area contributed by atoms with Crippen LogP contribution in [-0.4, -0.2) is 30.4 Å². The van der Waals surface area contributed by atoms with Crippen molar-refractivity contribution in [1.29, 1.82) is 0 Å². The molecule has 0 unspecified atom stereocenters. The number of ether oxygens (including phenoxy) is 3. The van der Waals surface area contributed by atoms with Crippen LogP contribution in [0, 0.1) is 0 Å². The highest BCUT2D eigenvalue weighted by atomic mass is 16.6. The molecule has 1 aliphatic rings. The summed E-state index contributed by atoms with van der Waals surface area (Å²) in [7, 11) is 0. The van der Waals surface area contributed by atoms with Crippen molar-refractivity contribution >= 4 is 29.4 Å². The van der Waals surface area contributed by atoms with Gasteiger partial charge >= 0.3 is 11.9 Å². The molecule has 0 saturated heterocycles. The first kappa shape index (κ1) is 26.8. The number of para-hydroxylation sites is 1. The van der Waals surface area contributed by atoms with Gasteiger partial charge in [-0.2, -0.15) is 5.01 Å². The molecule has 0 radical (unpaired) electrons. The van der Waals surface area contributed by atoms with E-state index in [1.54, 1.807) is 115 Å². The Bertz CT molecular complexity index is 1620. The van der Waals surface area contributed by atoms with Crippen LogP contribution in [0.25, 0.3) is 0 Å². The zero-order chi connectivity index (χ0) is 28.4. The Morgan fingerprint density at radius 1 is 0.683 bits per heavy atom. The zero-order valence-corrected chi connectivity index (χ0v) is 21.8. The lowest BCUT2D eigenvalue weighted by molar-refractivity contribution is 0.0546. The normalized spacial score (nSPS) is 14.2. The fraction of sp³-hybridized carbons (Fsp3) is 0.0303. The highest BCUT2D eigenvalue weighted by Crippen LogP contribution is 2.25. The van der Waals surface area contributed by atoms with Crippen molar-refractivity contribution in [3.63, 3.8) is 0 Å². The molecule has 0 bridgehead atoms. The van der Waals surface area contributed by atoms with Crippen molar-refractivity contribution in [3.8, 4) is 0 Å². The molecule has 0 fully saturated rings. The fourth-order valence-corrected chi connectivity index (χ4v) is 3.80. The van der Waals surface area contributed by atoms with E-state index in [2.05, 4.69) is 5.10 Å². The maximum atomic E-state index is 13.5. The summed E-state index contributed by atoms with van der Waals surface area (Å²) in [5.74, 6) is -1.47. The summed E-state index contributed by atoms with van der Waals surface area (Å²) in [5.41, 5.74) is 1.60.